The number of sulfonamides is 1. The summed E-state index contributed by atoms with van der Waals surface area (Å²) in [6.07, 6.45) is -4.48. The van der Waals surface area contributed by atoms with E-state index in [1.165, 1.54) is 25.3 Å². The van der Waals surface area contributed by atoms with E-state index in [-0.39, 0.29) is 31.9 Å². The first-order valence-corrected chi connectivity index (χ1v) is 10.2. The molecule has 0 saturated carbocycles. The summed E-state index contributed by atoms with van der Waals surface area (Å²) < 4.78 is 70.7. The summed E-state index contributed by atoms with van der Waals surface area (Å²) in [4.78, 5) is 11.7. The van der Waals surface area contributed by atoms with E-state index in [1.54, 1.807) is 4.90 Å². The number of piperazine rings is 1. The number of hydrogen-bond acceptors (Lipinski definition) is 6. The minimum absolute atomic E-state index is 0.0260. The molecule has 0 unspecified atom stereocenters. The highest BCUT2D eigenvalue weighted by molar-refractivity contribution is 7.89. The van der Waals surface area contributed by atoms with Crippen molar-refractivity contribution in [3.63, 3.8) is 0 Å². The molecule has 12 heteroatoms. The molecule has 0 bridgehead atoms. The minimum Gasteiger partial charge on any atom is -0.497 e. The van der Waals surface area contributed by atoms with E-state index < -0.39 is 37.3 Å². The van der Waals surface area contributed by atoms with Gasteiger partial charge in [0, 0.05) is 31.9 Å². The van der Waals surface area contributed by atoms with E-state index in [1.807, 2.05) is 0 Å². The van der Waals surface area contributed by atoms with Gasteiger partial charge in [-0.3, -0.25) is 10.1 Å². The first-order valence-electron chi connectivity index (χ1n) is 8.79. The van der Waals surface area contributed by atoms with Gasteiger partial charge < -0.3 is 9.64 Å². The third kappa shape index (κ3) is 4.33. The number of rotatable bonds is 5. The molecular weight excluding hydrogens is 427 g/mol. The number of anilines is 1. The predicted octanol–water partition coefficient (Wildman–Crippen LogP) is 3.13. The standard InChI is InChI=1S/C18H18F3N3O5S/c1-29-15-5-6-17(16(12-15)24(25)26)30(27,28)23-9-7-22(8-10-23)14-4-2-3-13(11-14)18(19,20)21/h2-6,11-12H,7-10H2,1H3. The van der Waals surface area contributed by atoms with Crippen LogP contribution in [0.1, 0.15) is 5.56 Å². The Morgan fingerprint density at radius 1 is 1.07 bits per heavy atom. The Balaban J connectivity index is 1.80. The number of nitrogens with zero attached hydrogens (tertiary/aromatic N) is 3. The van der Waals surface area contributed by atoms with E-state index in [9.17, 15) is 31.7 Å². The molecule has 0 spiro atoms. The number of nitro groups is 1. The van der Waals surface area contributed by atoms with Crippen molar-refractivity contribution in [3.05, 3.63) is 58.1 Å². The highest BCUT2D eigenvalue weighted by atomic mass is 32.2. The second-order valence-electron chi connectivity index (χ2n) is 6.53. The first kappa shape index (κ1) is 21.8. The fraction of sp³-hybridized carbons (Fsp3) is 0.333. The third-order valence-electron chi connectivity index (χ3n) is 4.76. The summed E-state index contributed by atoms with van der Waals surface area (Å²) in [7, 11) is -2.86. The second-order valence-corrected chi connectivity index (χ2v) is 8.44. The van der Waals surface area contributed by atoms with E-state index in [2.05, 4.69) is 0 Å². The van der Waals surface area contributed by atoms with Crippen molar-refractivity contribution in [3.8, 4) is 5.75 Å². The molecule has 0 N–H and O–H groups in total. The van der Waals surface area contributed by atoms with E-state index in [0.29, 0.717) is 5.69 Å². The Morgan fingerprint density at radius 3 is 2.30 bits per heavy atom. The van der Waals surface area contributed by atoms with Gasteiger partial charge in [0.15, 0.2) is 4.90 Å². The van der Waals surface area contributed by atoms with Gasteiger partial charge in [0.1, 0.15) is 5.75 Å². The van der Waals surface area contributed by atoms with Crippen molar-refractivity contribution in [2.24, 2.45) is 0 Å². The monoisotopic (exact) mass is 445 g/mol. The molecule has 1 saturated heterocycles. The van der Waals surface area contributed by atoms with Crippen LogP contribution in [-0.2, 0) is 16.2 Å². The maximum Gasteiger partial charge on any atom is 0.416 e. The predicted molar refractivity (Wildman–Crippen MR) is 102 cm³/mol. The SMILES string of the molecule is COc1ccc(S(=O)(=O)N2CCN(c3cccc(C(F)(F)F)c3)CC2)c([N+](=O)[O-])c1. The molecular formula is C18H18F3N3O5S. The summed E-state index contributed by atoms with van der Waals surface area (Å²) in [5.41, 5.74) is -1.06. The maximum atomic E-state index is 13.0. The van der Waals surface area contributed by atoms with Crippen LogP contribution in [0.4, 0.5) is 24.5 Å². The lowest BCUT2D eigenvalue weighted by atomic mass is 10.1. The zero-order valence-electron chi connectivity index (χ0n) is 15.8. The molecule has 1 fully saturated rings. The Bertz CT molecular complexity index is 1050. The number of methoxy groups -OCH3 is 1. The average Bonchev–Trinajstić information content (AvgIpc) is 2.72. The van der Waals surface area contributed by atoms with E-state index in [0.717, 1.165) is 28.6 Å². The Labute approximate surface area is 170 Å². The quantitative estimate of drug-likeness (QED) is 0.519. The van der Waals surface area contributed by atoms with Crippen LogP contribution >= 0.6 is 0 Å². The topological polar surface area (TPSA) is 93.0 Å². The number of ether oxygens (including phenoxy) is 1. The van der Waals surface area contributed by atoms with Gasteiger partial charge >= 0.3 is 6.18 Å². The smallest absolute Gasteiger partial charge is 0.416 e. The summed E-state index contributed by atoms with van der Waals surface area (Å²) >= 11 is 0. The number of hydrogen-bond donors (Lipinski definition) is 0. The molecule has 1 heterocycles. The van der Waals surface area contributed by atoms with Crippen LogP contribution in [0.3, 0.4) is 0 Å². The summed E-state index contributed by atoms with van der Waals surface area (Å²) in [6, 6.07) is 8.26. The average molecular weight is 445 g/mol. The van der Waals surface area contributed by atoms with Gasteiger partial charge in [-0.2, -0.15) is 17.5 Å². The molecule has 162 valence electrons. The van der Waals surface area contributed by atoms with Crippen molar-refractivity contribution in [2.45, 2.75) is 11.1 Å². The number of halogens is 3. The first-order chi connectivity index (χ1) is 14.0. The minimum atomic E-state index is -4.48. The Hall–Kier alpha value is -2.86. The third-order valence-corrected chi connectivity index (χ3v) is 6.70. The molecule has 2 aromatic carbocycles. The zero-order valence-corrected chi connectivity index (χ0v) is 16.6. The number of nitro benzene ring substituents is 1. The van der Waals surface area contributed by atoms with Crippen molar-refractivity contribution >= 4 is 21.4 Å². The molecule has 0 radical (unpaired) electrons. The Morgan fingerprint density at radius 2 is 1.73 bits per heavy atom. The highest BCUT2D eigenvalue weighted by Gasteiger charge is 2.35. The molecule has 8 nitrogen and oxygen atoms in total. The molecule has 2 aromatic rings. The summed E-state index contributed by atoms with van der Waals surface area (Å²) in [5, 5.41) is 11.3. The molecule has 0 aromatic heterocycles. The van der Waals surface area contributed by atoms with Gasteiger partial charge in [0.2, 0.25) is 10.0 Å². The van der Waals surface area contributed by atoms with Gasteiger partial charge in [-0.25, -0.2) is 8.42 Å². The largest absolute Gasteiger partial charge is 0.497 e. The van der Waals surface area contributed by atoms with Crippen molar-refractivity contribution in [2.75, 3.05) is 38.2 Å². The van der Waals surface area contributed by atoms with Crippen molar-refractivity contribution in [1.82, 2.24) is 4.31 Å². The van der Waals surface area contributed by atoms with Crippen LogP contribution in [-0.4, -0.2) is 50.9 Å². The molecule has 0 aliphatic carbocycles. The van der Waals surface area contributed by atoms with Crippen LogP contribution < -0.4 is 9.64 Å². The lowest BCUT2D eigenvalue weighted by Crippen LogP contribution is -2.48. The fourth-order valence-corrected chi connectivity index (χ4v) is 4.75. The van der Waals surface area contributed by atoms with Crippen molar-refractivity contribution in [1.29, 1.82) is 0 Å². The Kier molecular flexibility index (Phi) is 5.90. The van der Waals surface area contributed by atoms with Crippen LogP contribution in [0.2, 0.25) is 0 Å². The number of alkyl halides is 3. The van der Waals surface area contributed by atoms with Gasteiger partial charge in [-0.15, -0.1) is 0 Å². The normalized spacial score (nSPS) is 15.8. The molecule has 0 atom stereocenters. The lowest BCUT2D eigenvalue weighted by Gasteiger charge is -2.35. The van der Waals surface area contributed by atoms with Gasteiger partial charge in [0.25, 0.3) is 5.69 Å². The second kappa shape index (κ2) is 8.11. The molecule has 1 aliphatic heterocycles. The molecule has 3 rings (SSSR count). The van der Waals surface area contributed by atoms with Crippen molar-refractivity contribution < 1.29 is 31.2 Å². The maximum absolute atomic E-state index is 13.0. The lowest BCUT2D eigenvalue weighted by molar-refractivity contribution is -0.387. The summed E-state index contributed by atoms with van der Waals surface area (Å²) in [5.74, 6) is 0.148. The van der Waals surface area contributed by atoms with Gasteiger partial charge in [-0.1, -0.05) is 6.07 Å². The van der Waals surface area contributed by atoms with E-state index >= 15 is 0 Å². The fourth-order valence-electron chi connectivity index (χ4n) is 3.19. The summed E-state index contributed by atoms with van der Waals surface area (Å²) in [6.45, 7) is 0.235. The van der Waals surface area contributed by atoms with Crippen LogP contribution in [0.15, 0.2) is 47.4 Å². The van der Waals surface area contributed by atoms with Gasteiger partial charge in [-0.05, 0) is 30.3 Å². The van der Waals surface area contributed by atoms with E-state index in [4.69, 9.17) is 4.74 Å². The molecule has 30 heavy (non-hydrogen) atoms. The van der Waals surface area contributed by atoms with Gasteiger partial charge in [0.05, 0.1) is 23.7 Å². The molecule has 1 aliphatic rings. The van der Waals surface area contributed by atoms with Crippen LogP contribution in [0.5, 0.6) is 5.75 Å². The van der Waals surface area contributed by atoms with Crippen LogP contribution in [0.25, 0.3) is 0 Å². The molecule has 0 amide bonds. The van der Waals surface area contributed by atoms with Crippen LogP contribution in [0, 0.1) is 10.1 Å². The highest BCUT2D eigenvalue weighted by Crippen LogP contribution is 2.33. The number of benzene rings is 2. The zero-order chi connectivity index (χ0) is 22.1.